The van der Waals surface area contributed by atoms with Crippen molar-refractivity contribution in [1.82, 2.24) is 15.1 Å². The maximum atomic E-state index is 13.8. The Kier molecular flexibility index (Phi) is 5.59. The van der Waals surface area contributed by atoms with Crippen molar-refractivity contribution >= 4 is 11.7 Å². The third-order valence-corrected chi connectivity index (χ3v) is 5.87. The molecule has 1 aliphatic heterocycles. The second-order valence-corrected chi connectivity index (χ2v) is 8.12. The van der Waals surface area contributed by atoms with Crippen LogP contribution in [-0.2, 0) is 28.2 Å². The quantitative estimate of drug-likeness (QED) is 0.624. The average molecular weight is 405 g/mol. The van der Waals surface area contributed by atoms with Gasteiger partial charge in [-0.2, -0.15) is 5.10 Å². The molecule has 0 bridgehead atoms. The van der Waals surface area contributed by atoms with Crippen molar-refractivity contribution in [1.29, 1.82) is 0 Å². The second kappa shape index (κ2) is 8.32. The van der Waals surface area contributed by atoms with Gasteiger partial charge in [0.05, 0.1) is 36.9 Å². The summed E-state index contributed by atoms with van der Waals surface area (Å²) in [5.74, 6) is 0.486. The Bertz CT molecular complexity index is 999. The number of aromatic nitrogens is 2. The number of rotatable bonds is 7. The predicted molar refractivity (Wildman–Crippen MR) is 117 cm³/mol. The number of carbonyl (C=O) groups is 1. The monoisotopic (exact) mass is 404 g/mol. The molecule has 0 fully saturated rings. The van der Waals surface area contributed by atoms with E-state index in [2.05, 4.69) is 29.4 Å². The highest BCUT2D eigenvalue weighted by Gasteiger charge is 2.45. The van der Waals surface area contributed by atoms with Crippen LogP contribution in [-0.4, -0.2) is 34.7 Å². The van der Waals surface area contributed by atoms with Gasteiger partial charge in [0.25, 0.3) is 0 Å². The number of nitrogens with zero attached hydrogens (tertiary/aromatic N) is 2. The van der Waals surface area contributed by atoms with Gasteiger partial charge in [-0.3, -0.25) is 9.89 Å². The van der Waals surface area contributed by atoms with Gasteiger partial charge in [-0.1, -0.05) is 60.7 Å². The van der Waals surface area contributed by atoms with E-state index in [4.69, 9.17) is 4.74 Å². The lowest BCUT2D eigenvalue weighted by atomic mass is 9.95. The molecule has 0 saturated heterocycles. The van der Waals surface area contributed by atoms with E-state index >= 15 is 0 Å². The zero-order valence-corrected chi connectivity index (χ0v) is 17.7. The fraction of sp³-hybridized carbons (Fsp3) is 0.333. The largest absolute Gasteiger partial charge is 0.376 e. The average Bonchev–Trinajstić information content (AvgIpc) is 3.30. The van der Waals surface area contributed by atoms with Crippen molar-refractivity contribution < 1.29 is 9.53 Å². The zero-order valence-electron chi connectivity index (χ0n) is 17.7. The summed E-state index contributed by atoms with van der Waals surface area (Å²) in [5.41, 5.74) is 3.62. The number of anilines is 1. The molecule has 6 heteroatoms. The number of nitrogens with one attached hydrogen (secondary N) is 2. The number of benzene rings is 2. The van der Waals surface area contributed by atoms with Crippen LogP contribution in [0.15, 0.2) is 60.7 Å². The van der Waals surface area contributed by atoms with Crippen LogP contribution in [0, 0.1) is 0 Å². The van der Waals surface area contributed by atoms with Crippen molar-refractivity contribution in [2.24, 2.45) is 0 Å². The Morgan fingerprint density at radius 1 is 1.17 bits per heavy atom. The van der Waals surface area contributed by atoms with E-state index in [1.807, 2.05) is 72.6 Å². The third kappa shape index (κ3) is 3.71. The first-order chi connectivity index (χ1) is 14.5. The summed E-state index contributed by atoms with van der Waals surface area (Å²) >= 11 is 0. The lowest BCUT2D eigenvalue weighted by Gasteiger charge is -2.34. The van der Waals surface area contributed by atoms with Gasteiger partial charge < -0.3 is 15.0 Å². The summed E-state index contributed by atoms with van der Waals surface area (Å²) in [5, 5.41) is 10.6. The summed E-state index contributed by atoms with van der Waals surface area (Å²) < 4.78 is 6.01. The van der Waals surface area contributed by atoms with Crippen molar-refractivity contribution in [3.8, 4) is 0 Å². The van der Waals surface area contributed by atoms with Crippen LogP contribution in [0.5, 0.6) is 0 Å². The highest BCUT2D eigenvalue weighted by Crippen LogP contribution is 2.42. The number of fused-ring (bicyclic) bond motifs is 1. The van der Waals surface area contributed by atoms with Crippen molar-refractivity contribution in [2.75, 3.05) is 19.0 Å². The van der Waals surface area contributed by atoms with E-state index < -0.39 is 5.54 Å². The number of carbonyl (C=O) groups excluding carboxylic acids is 1. The SMILES string of the molecule is CNc1n[nH]c2c1CN(C(=O)C(COCc1ccccc1)c1ccccc1)C2(C)C. The minimum absolute atomic E-state index is 0.0610. The Labute approximate surface area is 177 Å². The van der Waals surface area contributed by atoms with Gasteiger partial charge in [-0.05, 0) is 25.0 Å². The first-order valence-corrected chi connectivity index (χ1v) is 10.3. The van der Waals surface area contributed by atoms with Crippen molar-refractivity contribution in [3.05, 3.63) is 83.0 Å². The molecule has 0 radical (unpaired) electrons. The summed E-state index contributed by atoms with van der Waals surface area (Å²) in [7, 11) is 1.85. The number of hydrogen-bond acceptors (Lipinski definition) is 4. The van der Waals surface area contributed by atoms with Crippen LogP contribution in [0.25, 0.3) is 0 Å². The number of ether oxygens (including phenoxy) is 1. The molecule has 1 atom stereocenters. The Balaban J connectivity index is 1.56. The van der Waals surface area contributed by atoms with Gasteiger partial charge in [0.1, 0.15) is 0 Å². The first kappa shape index (κ1) is 20.2. The molecule has 6 nitrogen and oxygen atoms in total. The number of hydrogen-bond donors (Lipinski definition) is 2. The Hall–Kier alpha value is -3.12. The molecular formula is C24H28N4O2. The number of H-pyrrole nitrogens is 1. The predicted octanol–water partition coefficient (Wildman–Crippen LogP) is 4.03. The maximum absolute atomic E-state index is 13.8. The molecule has 1 aliphatic rings. The van der Waals surface area contributed by atoms with Crippen LogP contribution in [0.4, 0.5) is 5.82 Å². The highest BCUT2D eigenvalue weighted by atomic mass is 16.5. The molecule has 156 valence electrons. The first-order valence-electron chi connectivity index (χ1n) is 10.3. The number of amides is 1. The topological polar surface area (TPSA) is 70.2 Å². The van der Waals surface area contributed by atoms with Gasteiger partial charge >= 0.3 is 0 Å². The molecule has 0 saturated carbocycles. The molecule has 30 heavy (non-hydrogen) atoms. The molecule has 4 rings (SSSR count). The highest BCUT2D eigenvalue weighted by molar-refractivity contribution is 5.85. The molecule has 3 aromatic rings. The third-order valence-electron chi connectivity index (χ3n) is 5.87. The van der Waals surface area contributed by atoms with Crippen LogP contribution in [0.2, 0.25) is 0 Å². The molecule has 2 aromatic carbocycles. The van der Waals surface area contributed by atoms with E-state index in [1.165, 1.54) is 0 Å². The minimum Gasteiger partial charge on any atom is -0.376 e. The lowest BCUT2D eigenvalue weighted by molar-refractivity contribution is -0.140. The van der Waals surface area contributed by atoms with Crippen molar-refractivity contribution in [2.45, 2.75) is 38.5 Å². The molecular weight excluding hydrogens is 376 g/mol. The molecule has 2 heterocycles. The fourth-order valence-corrected chi connectivity index (χ4v) is 4.13. The van der Waals surface area contributed by atoms with Gasteiger partial charge in [0, 0.05) is 12.6 Å². The molecule has 0 aliphatic carbocycles. The smallest absolute Gasteiger partial charge is 0.233 e. The normalized spacial score (nSPS) is 15.6. The van der Waals surface area contributed by atoms with E-state index in [0.717, 1.165) is 28.2 Å². The van der Waals surface area contributed by atoms with Gasteiger partial charge in [-0.25, -0.2) is 0 Å². The maximum Gasteiger partial charge on any atom is 0.233 e. The molecule has 2 N–H and O–H groups in total. The molecule has 0 spiro atoms. The van der Waals surface area contributed by atoms with E-state index in [1.54, 1.807) is 0 Å². The van der Waals surface area contributed by atoms with Crippen molar-refractivity contribution in [3.63, 3.8) is 0 Å². The second-order valence-electron chi connectivity index (χ2n) is 8.12. The van der Waals surface area contributed by atoms with Crippen LogP contribution < -0.4 is 5.32 Å². The summed E-state index contributed by atoms with van der Waals surface area (Å²) in [6, 6.07) is 19.9. The van der Waals surface area contributed by atoms with Crippen LogP contribution >= 0.6 is 0 Å². The summed E-state index contributed by atoms with van der Waals surface area (Å²) in [6.45, 7) is 5.45. The Morgan fingerprint density at radius 3 is 2.50 bits per heavy atom. The molecule has 1 unspecified atom stereocenters. The fourth-order valence-electron chi connectivity index (χ4n) is 4.13. The van der Waals surface area contributed by atoms with E-state index in [0.29, 0.717) is 19.8 Å². The summed E-state index contributed by atoms with van der Waals surface area (Å²) in [6.07, 6.45) is 0. The van der Waals surface area contributed by atoms with Gasteiger partial charge in [0.2, 0.25) is 5.91 Å². The number of aromatic amines is 1. The van der Waals surface area contributed by atoms with E-state index in [-0.39, 0.29) is 11.8 Å². The standard InChI is InChI=1S/C24H28N4O2/c1-24(2)21-19(22(25-3)27-26-21)14-28(24)23(29)20(18-12-8-5-9-13-18)16-30-15-17-10-6-4-7-11-17/h4-13,20H,14-16H2,1-3H3,(H2,25,26,27). The zero-order chi connectivity index (χ0) is 21.1. The minimum atomic E-state index is -0.471. The molecule has 1 aromatic heterocycles. The Morgan fingerprint density at radius 2 is 1.83 bits per heavy atom. The van der Waals surface area contributed by atoms with Crippen LogP contribution in [0.1, 0.15) is 42.1 Å². The van der Waals surface area contributed by atoms with Crippen LogP contribution in [0.3, 0.4) is 0 Å². The molecule has 1 amide bonds. The van der Waals surface area contributed by atoms with E-state index in [9.17, 15) is 4.79 Å². The lowest BCUT2D eigenvalue weighted by Crippen LogP contribution is -2.44. The van der Waals surface area contributed by atoms with Gasteiger partial charge in [-0.15, -0.1) is 0 Å². The van der Waals surface area contributed by atoms with Gasteiger partial charge in [0.15, 0.2) is 5.82 Å². The summed E-state index contributed by atoms with van der Waals surface area (Å²) in [4.78, 5) is 15.7.